The molecule has 3 fully saturated rings. The molecule has 4 rings (SSSR count). The summed E-state index contributed by atoms with van der Waals surface area (Å²) in [6, 6.07) is 8.21. The second kappa shape index (κ2) is 5.14. The number of halogens is 1. The van der Waals surface area contributed by atoms with E-state index in [4.69, 9.17) is 0 Å². The summed E-state index contributed by atoms with van der Waals surface area (Å²) in [6.45, 7) is 2.35. The molecule has 0 aromatic heterocycles. The molecule has 108 valence electrons. The highest BCUT2D eigenvalue weighted by Crippen LogP contribution is 2.47. The average Bonchev–Trinajstić information content (AvgIpc) is 3.11. The summed E-state index contributed by atoms with van der Waals surface area (Å²) in [6.07, 6.45) is 8.13. The Morgan fingerprint density at radius 1 is 0.950 bits per heavy atom. The fourth-order valence-corrected chi connectivity index (χ4v) is 5.01. The molecular formula is C18H24FN. The molecule has 1 heterocycles. The SMILES string of the molecule is Fc1ccccc1C1CCN(C2C[C@H]3CC[C@H]2C3)CC1. The Labute approximate surface area is 121 Å². The van der Waals surface area contributed by atoms with E-state index >= 15 is 0 Å². The number of hydrogen-bond donors (Lipinski definition) is 0. The third kappa shape index (κ3) is 2.18. The standard InChI is InChI=1S/C18H24FN/c19-17-4-2-1-3-16(17)14-7-9-20(10-8-14)18-12-13-5-6-15(18)11-13/h1-4,13-15,18H,5-12H2/t13-,15-,18?/m0/s1. The summed E-state index contributed by atoms with van der Waals surface area (Å²) < 4.78 is 13.9. The number of likely N-dealkylation sites (tertiary alicyclic amines) is 1. The van der Waals surface area contributed by atoms with Crippen LogP contribution in [-0.2, 0) is 0 Å². The number of fused-ring (bicyclic) bond motifs is 2. The molecule has 3 aliphatic rings. The van der Waals surface area contributed by atoms with Crippen LogP contribution in [0.1, 0.15) is 50.0 Å². The van der Waals surface area contributed by atoms with Crippen LogP contribution in [0.2, 0.25) is 0 Å². The van der Waals surface area contributed by atoms with E-state index in [2.05, 4.69) is 4.90 Å². The number of rotatable bonds is 2. The van der Waals surface area contributed by atoms with E-state index in [0.717, 1.165) is 36.3 Å². The summed E-state index contributed by atoms with van der Waals surface area (Å²) in [5, 5.41) is 0. The number of hydrogen-bond acceptors (Lipinski definition) is 1. The van der Waals surface area contributed by atoms with E-state index < -0.39 is 0 Å². The topological polar surface area (TPSA) is 3.24 Å². The summed E-state index contributed by atoms with van der Waals surface area (Å²) >= 11 is 0. The zero-order chi connectivity index (χ0) is 13.5. The highest BCUT2D eigenvalue weighted by Gasteiger charge is 2.42. The van der Waals surface area contributed by atoms with Gasteiger partial charge in [-0.25, -0.2) is 4.39 Å². The van der Waals surface area contributed by atoms with Crippen LogP contribution in [0.5, 0.6) is 0 Å². The fourth-order valence-electron chi connectivity index (χ4n) is 5.01. The minimum Gasteiger partial charge on any atom is -0.300 e. The molecule has 0 radical (unpaired) electrons. The highest BCUT2D eigenvalue weighted by molar-refractivity contribution is 5.22. The van der Waals surface area contributed by atoms with Crippen molar-refractivity contribution in [1.82, 2.24) is 4.90 Å². The van der Waals surface area contributed by atoms with Gasteiger partial charge in [-0.3, -0.25) is 0 Å². The minimum atomic E-state index is -0.00845. The molecule has 1 aromatic rings. The maximum Gasteiger partial charge on any atom is 0.126 e. The molecule has 2 saturated carbocycles. The number of benzene rings is 1. The second-order valence-corrected chi connectivity index (χ2v) is 7.07. The van der Waals surface area contributed by atoms with E-state index in [9.17, 15) is 4.39 Å². The van der Waals surface area contributed by atoms with Crippen molar-refractivity contribution in [1.29, 1.82) is 0 Å². The van der Waals surface area contributed by atoms with Crippen molar-refractivity contribution in [3.63, 3.8) is 0 Å². The van der Waals surface area contributed by atoms with Crippen molar-refractivity contribution >= 4 is 0 Å². The van der Waals surface area contributed by atoms with Crippen molar-refractivity contribution in [2.75, 3.05) is 13.1 Å². The third-order valence-electron chi connectivity index (χ3n) is 6.04. The van der Waals surface area contributed by atoms with Gasteiger partial charge in [0.1, 0.15) is 5.82 Å². The number of piperidine rings is 1. The van der Waals surface area contributed by atoms with Crippen LogP contribution >= 0.6 is 0 Å². The van der Waals surface area contributed by atoms with Crippen LogP contribution in [0.3, 0.4) is 0 Å². The molecule has 1 nitrogen and oxygen atoms in total. The van der Waals surface area contributed by atoms with Crippen LogP contribution in [-0.4, -0.2) is 24.0 Å². The first kappa shape index (κ1) is 12.8. The van der Waals surface area contributed by atoms with Gasteiger partial charge in [-0.15, -0.1) is 0 Å². The minimum absolute atomic E-state index is 0.00845. The molecule has 1 saturated heterocycles. The van der Waals surface area contributed by atoms with Gasteiger partial charge in [0.25, 0.3) is 0 Å². The molecule has 1 aromatic carbocycles. The smallest absolute Gasteiger partial charge is 0.126 e. The Kier molecular flexibility index (Phi) is 3.30. The van der Waals surface area contributed by atoms with E-state index in [1.165, 1.54) is 38.8 Å². The molecule has 1 unspecified atom stereocenters. The zero-order valence-corrected chi connectivity index (χ0v) is 12.1. The molecule has 2 bridgehead atoms. The predicted molar refractivity (Wildman–Crippen MR) is 79.2 cm³/mol. The Morgan fingerprint density at radius 2 is 1.75 bits per heavy atom. The molecule has 0 N–H and O–H groups in total. The van der Waals surface area contributed by atoms with Gasteiger partial charge in [-0.05, 0) is 74.6 Å². The van der Waals surface area contributed by atoms with Gasteiger partial charge >= 0.3 is 0 Å². The van der Waals surface area contributed by atoms with Crippen molar-refractivity contribution < 1.29 is 4.39 Å². The molecule has 3 atom stereocenters. The first-order chi connectivity index (χ1) is 9.81. The summed E-state index contributed by atoms with van der Waals surface area (Å²) in [4.78, 5) is 2.72. The van der Waals surface area contributed by atoms with Gasteiger partial charge < -0.3 is 4.90 Å². The normalized spacial score (nSPS) is 34.8. The zero-order valence-electron chi connectivity index (χ0n) is 12.1. The van der Waals surface area contributed by atoms with Gasteiger partial charge in [0, 0.05) is 6.04 Å². The van der Waals surface area contributed by atoms with Gasteiger partial charge in [0.05, 0.1) is 0 Å². The molecule has 20 heavy (non-hydrogen) atoms. The Hall–Kier alpha value is -0.890. The van der Waals surface area contributed by atoms with Crippen molar-refractivity contribution in [3.8, 4) is 0 Å². The van der Waals surface area contributed by atoms with Crippen LogP contribution < -0.4 is 0 Å². The molecule has 2 heteroatoms. The summed E-state index contributed by atoms with van der Waals surface area (Å²) in [7, 11) is 0. The lowest BCUT2D eigenvalue weighted by molar-refractivity contribution is 0.110. The highest BCUT2D eigenvalue weighted by atomic mass is 19.1. The Bertz CT molecular complexity index is 478. The summed E-state index contributed by atoms with van der Waals surface area (Å²) in [5.74, 6) is 2.43. The maximum atomic E-state index is 13.9. The first-order valence-electron chi connectivity index (χ1n) is 8.29. The molecular weight excluding hydrogens is 249 g/mol. The van der Waals surface area contributed by atoms with Crippen LogP contribution in [0.4, 0.5) is 4.39 Å². The van der Waals surface area contributed by atoms with Crippen molar-refractivity contribution in [2.45, 2.75) is 50.5 Å². The first-order valence-corrected chi connectivity index (χ1v) is 8.29. The third-order valence-corrected chi connectivity index (χ3v) is 6.04. The monoisotopic (exact) mass is 273 g/mol. The lowest BCUT2D eigenvalue weighted by Crippen LogP contribution is -2.43. The van der Waals surface area contributed by atoms with Crippen LogP contribution in [0, 0.1) is 17.7 Å². The maximum absolute atomic E-state index is 13.9. The van der Waals surface area contributed by atoms with E-state index in [1.807, 2.05) is 12.1 Å². The predicted octanol–water partition coefficient (Wildman–Crippen LogP) is 4.19. The van der Waals surface area contributed by atoms with E-state index in [1.54, 1.807) is 12.1 Å². The molecule has 1 aliphatic heterocycles. The lowest BCUT2D eigenvalue weighted by atomic mass is 9.86. The van der Waals surface area contributed by atoms with Gasteiger partial charge in [-0.1, -0.05) is 24.6 Å². The van der Waals surface area contributed by atoms with E-state index in [0.29, 0.717) is 5.92 Å². The van der Waals surface area contributed by atoms with Crippen molar-refractivity contribution in [2.24, 2.45) is 11.8 Å². The molecule has 0 spiro atoms. The molecule has 0 amide bonds. The number of nitrogens with zero attached hydrogens (tertiary/aromatic N) is 1. The average molecular weight is 273 g/mol. The largest absolute Gasteiger partial charge is 0.300 e. The second-order valence-electron chi connectivity index (χ2n) is 7.07. The van der Waals surface area contributed by atoms with Crippen LogP contribution in [0.25, 0.3) is 0 Å². The van der Waals surface area contributed by atoms with Gasteiger partial charge in [0.2, 0.25) is 0 Å². The Balaban J connectivity index is 1.40. The van der Waals surface area contributed by atoms with Crippen molar-refractivity contribution in [3.05, 3.63) is 35.6 Å². The molecule has 2 aliphatic carbocycles. The fraction of sp³-hybridized carbons (Fsp3) is 0.667. The lowest BCUT2D eigenvalue weighted by Gasteiger charge is -2.39. The Morgan fingerprint density at radius 3 is 2.40 bits per heavy atom. The summed E-state index contributed by atoms with van der Waals surface area (Å²) in [5.41, 5.74) is 0.945. The van der Waals surface area contributed by atoms with Gasteiger partial charge in [-0.2, -0.15) is 0 Å². The van der Waals surface area contributed by atoms with Gasteiger partial charge in [0.15, 0.2) is 0 Å². The van der Waals surface area contributed by atoms with E-state index in [-0.39, 0.29) is 5.82 Å². The van der Waals surface area contributed by atoms with Crippen LogP contribution in [0.15, 0.2) is 24.3 Å². The quantitative estimate of drug-likeness (QED) is 0.781.